The number of esters is 1. The Morgan fingerprint density at radius 2 is 1.67 bits per heavy atom. The Bertz CT molecular complexity index is 1730. The number of carbonyl (C=O) groups is 2. The van der Waals surface area contributed by atoms with Gasteiger partial charge < -0.3 is 33.5 Å². The zero-order valence-electron chi connectivity index (χ0n) is 32.1. The van der Waals surface area contributed by atoms with E-state index in [1.807, 2.05) is 19.9 Å². The van der Waals surface area contributed by atoms with Crippen molar-refractivity contribution in [3.05, 3.63) is 52.0 Å². The average molecular weight is 792 g/mol. The average Bonchev–Trinajstić information content (AvgIpc) is 3.88. The van der Waals surface area contributed by atoms with Gasteiger partial charge in [-0.2, -0.15) is 13.2 Å². The van der Waals surface area contributed by atoms with Gasteiger partial charge in [-0.3, -0.25) is 9.59 Å². The fourth-order valence-corrected chi connectivity index (χ4v) is 11.2. The Hall–Kier alpha value is -2.72. The highest BCUT2D eigenvalue weighted by Crippen LogP contribution is 2.63. The standard InChI is InChI=1S/C41H52F3NO9S/c1-7-23-9-8-10-30(46)19(2)34(48)28-17-26-25-15-24(54-40-37(51-6)36(50-5)35(49-4)20(3)52-40)16-29(25)38-33(32(26)27(28)18-31(47)53-23)45-39(55-38)21-11-13-22(14-12-21)41(42,43)44/h11-14,17,19-20,23-27,29-30,32,35-37,40,46H,7-10,15-16,18H2,1-6H3/t19-,20+,23+,24+,25+,26+,27-,29-,30+,32-,35+,36-,37-,40+/m1/s1. The Kier molecular flexibility index (Phi) is 12.0. The lowest BCUT2D eigenvalue weighted by Gasteiger charge is -2.44. The van der Waals surface area contributed by atoms with E-state index in [0.29, 0.717) is 54.7 Å². The van der Waals surface area contributed by atoms with Crippen LogP contribution in [0.3, 0.4) is 0 Å². The minimum Gasteiger partial charge on any atom is -0.462 e. The number of fused-ring (bicyclic) bond motifs is 8. The number of Topliss-reactive ketones (excluding diaryl/α,β-unsaturated/α-hetero) is 1. The van der Waals surface area contributed by atoms with Gasteiger partial charge in [0.05, 0.1) is 36.0 Å². The number of allylic oxidation sites excluding steroid dienone is 2. The predicted octanol–water partition coefficient (Wildman–Crippen LogP) is 7.23. The van der Waals surface area contributed by atoms with Crippen molar-refractivity contribution in [2.45, 2.75) is 133 Å². The van der Waals surface area contributed by atoms with Crippen LogP contribution >= 0.6 is 11.3 Å². The number of carbonyl (C=O) groups excluding carboxylic acids is 2. The highest BCUT2D eigenvalue weighted by atomic mass is 32.1. The minimum absolute atomic E-state index is 0.00140. The van der Waals surface area contributed by atoms with Crippen LogP contribution in [-0.4, -0.2) is 92.2 Å². The zero-order valence-corrected chi connectivity index (χ0v) is 32.9. The van der Waals surface area contributed by atoms with Gasteiger partial charge in [0, 0.05) is 55.4 Å². The molecule has 1 saturated carbocycles. The summed E-state index contributed by atoms with van der Waals surface area (Å²) in [5.41, 5.74) is 1.09. The number of methoxy groups -OCH3 is 3. The van der Waals surface area contributed by atoms with Gasteiger partial charge in [0.15, 0.2) is 12.1 Å². The lowest BCUT2D eigenvalue weighted by Crippen LogP contribution is -2.59. The molecule has 0 unspecified atom stereocenters. The topological polar surface area (TPSA) is 123 Å². The Labute approximate surface area is 324 Å². The summed E-state index contributed by atoms with van der Waals surface area (Å²) in [5, 5.41) is 11.7. The summed E-state index contributed by atoms with van der Waals surface area (Å²) in [4.78, 5) is 34.2. The van der Waals surface area contributed by atoms with Crippen molar-refractivity contribution in [2.75, 3.05) is 21.3 Å². The number of nitrogens with zero attached hydrogens (tertiary/aromatic N) is 1. The van der Waals surface area contributed by atoms with Gasteiger partial charge in [-0.05, 0) is 75.0 Å². The number of hydrogen-bond donors (Lipinski definition) is 1. The van der Waals surface area contributed by atoms with Gasteiger partial charge in [0.1, 0.15) is 29.4 Å². The second kappa shape index (κ2) is 16.3. The van der Waals surface area contributed by atoms with Crippen LogP contribution in [0.2, 0.25) is 0 Å². The lowest BCUT2D eigenvalue weighted by atomic mass is 9.67. The molecule has 14 atom stereocenters. The van der Waals surface area contributed by atoms with Crippen LogP contribution in [0.4, 0.5) is 13.2 Å². The molecule has 2 aromatic rings. The van der Waals surface area contributed by atoms with Gasteiger partial charge >= 0.3 is 12.1 Å². The van der Waals surface area contributed by atoms with E-state index in [9.17, 15) is 27.9 Å². The quantitative estimate of drug-likeness (QED) is 0.288. The highest BCUT2D eigenvalue weighted by Gasteiger charge is 2.57. The molecule has 3 aliphatic carbocycles. The third-order valence-corrected chi connectivity index (χ3v) is 14.0. The largest absolute Gasteiger partial charge is 0.462 e. The summed E-state index contributed by atoms with van der Waals surface area (Å²) in [7, 11) is 4.79. The maximum atomic E-state index is 14.3. The fourth-order valence-electron chi connectivity index (χ4n) is 9.91. The summed E-state index contributed by atoms with van der Waals surface area (Å²) in [5.74, 6) is -2.36. The smallest absolute Gasteiger partial charge is 0.416 e. The first-order valence-electron chi connectivity index (χ1n) is 19.5. The second-order valence-electron chi connectivity index (χ2n) is 15.9. The molecule has 2 saturated heterocycles. The molecule has 0 spiro atoms. The summed E-state index contributed by atoms with van der Waals surface area (Å²) in [6, 6.07) is 5.01. The first-order chi connectivity index (χ1) is 26.3. The highest BCUT2D eigenvalue weighted by molar-refractivity contribution is 7.15. The van der Waals surface area contributed by atoms with E-state index >= 15 is 0 Å². The molecular formula is C41H52F3NO9S. The van der Waals surface area contributed by atoms with Crippen LogP contribution in [0.25, 0.3) is 10.6 Å². The molecule has 0 bridgehead atoms. The molecule has 7 rings (SSSR count). The number of cyclic esters (lactones) is 1. The number of aliphatic hydroxyl groups is 1. The number of benzene rings is 1. The van der Waals surface area contributed by atoms with Gasteiger partial charge in [0.2, 0.25) is 0 Å². The van der Waals surface area contributed by atoms with E-state index < -0.39 is 48.2 Å². The van der Waals surface area contributed by atoms with Gasteiger partial charge in [0.25, 0.3) is 0 Å². The predicted molar refractivity (Wildman–Crippen MR) is 196 cm³/mol. The number of alkyl halides is 3. The summed E-state index contributed by atoms with van der Waals surface area (Å²) < 4.78 is 76.9. The summed E-state index contributed by atoms with van der Waals surface area (Å²) in [6.45, 7) is 5.63. The monoisotopic (exact) mass is 791 g/mol. The molecule has 10 nitrogen and oxygen atoms in total. The first-order valence-corrected chi connectivity index (χ1v) is 20.3. The molecular weight excluding hydrogens is 740 g/mol. The van der Waals surface area contributed by atoms with Gasteiger partial charge in [-0.25, -0.2) is 4.98 Å². The molecule has 5 aliphatic rings. The zero-order chi connectivity index (χ0) is 39.3. The number of aromatic nitrogens is 1. The van der Waals surface area contributed by atoms with E-state index in [-0.39, 0.29) is 66.3 Å². The van der Waals surface area contributed by atoms with Crippen LogP contribution in [0.1, 0.15) is 93.7 Å². The Morgan fingerprint density at radius 3 is 2.33 bits per heavy atom. The van der Waals surface area contributed by atoms with Crippen LogP contribution in [-0.2, 0) is 44.2 Å². The Morgan fingerprint density at radius 1 is 0.964 bits per heavy atom. The second-order valence-corrected chi connectivity index (χ2v) is 16.9. The molecule has 302 valence electrons. The minimum atomic E-state index is -4.47. The van der Waals surface area contributed by atoms with Crippen LogP contribution < -0.4 is 0 Å². The Balaban J connectivity index is 1.27. The molecule has 14 heteroatoms. The number of ether oxygens (including phenoxy) is 6. The molecule has 2 aliphatic heterocycles. The van der Waals surface area contributed by atoms with Crippen LogP contribution in [0.15, 0.2) is 35.9 Å². The maximum absolute atomic E-state index is 14.3. The molecule has 55 heavy (non-hydrogen) atoms. The molecule has 0 radical (unpaired) electrons. The fraction of sp³-hybridized carbons (Fsp3) is 0.683. The van der Waals surface area contributed by atoms with Gasteiger partial charge in [-0.15, -0.1) is 11.3 Å². The third-order valence-electron chi connectivity index (χ3n) is 12.8. The van der Waals surface area contributed by atoms with E-state index in [1.54, 1.807) is 28.3 Å². The van der Waals surface area contributed by atoms with Crippen molar-refractivity contribution < 1.29 is 56.3 Å². The van der Waals surface area contributed by atoms with Crippen molar-refractivity contribution in [1.82, 2.24) is 4.98 Å². The molecule has 3 fully saturated rings. The van der Waals surface area contributed by atoms with Crippen LogP contribution in [0, 0.1) is 23.7 Å². The van der Waals surface area contributed by atoms with Crippen molar-refractivity contribution in [3.63, 3.8) is 0 Å². The lowest BCUT2D eigenvalue weighted by molar-refractivity contribution is -0.314. The number of hydrogen-bond acceptors (Lipinski definition) is 11. The van der Waals surface area contributed by atoms with Crippen molar-refractivity contribution in [2.24, 2.45) is 23.7 Å². The van der Waals surface area contributed by atoms with Gasteiger partial charge in [-0.1, -0.05) is 32.1 Å². The van der Waals surface area contributed by atoms with Crippen molar-refractivity contribution in [1.29, 1.82) is 0 Å². The molecule has 0 amide bonds. The number of ketones is 1. The SMILES string of the molecule is CC[C@H]1CCC[C@H](O)[C@@H](C)C(=O)C2=C[C@H]3[C@@H]4C[C@H](O[C@@H]5O[C@@H](C)[C@H](OC)[C@@H](OC)[C@H]5OC)C[C@H]4c4sc(-c5ccc(C(F)(F)F)cc5)nc4[C@H]3[C@@H]2CC(=O)O1. The number of rotatable bonds is 7. The summed E-state index contributed by atoms with van der Waals surface area (Å²) >= 11 is 1.45. The maximum Gasteiger partial charge on any atom is 0.416 e. The normalized spacial score (nSPS) is 38.2. The number of halogens is 3. The van der Waals surface area contributed by atoms with E-state index in [1.165, 1.54) is 23.5 Å². The first kappa shape index (κ1) is 40.5. The van der Waals surface area contributed by atoms with E-state index in [0.717, 1.165) is 22.7 Å². The summed E-state index contributed by atoms with van der Waals surface area (Å²) in [6.07, 6.45) is -2.83. The molecule has 1 aromatic carbocycles. The molecule has 3 heterocycles. The number of aliphatic hydroxyl groups excluding tert-OH is 1. The molecule has 1 N–H and O–H groups in total. The van der Waals surface area contributed by atoms with Crippen molar-refractivity contribution in [3.8, 4) is 10.6 Å². The van der Waals surface area contributed by atoms with Crippen molar-refractivity contribution >= 4 is 23.1 Å². The molecule has 1 aromatic heterocycles. The van der Waals surface area contributed by atoms with Crippen LogP contribution in [0.5, 0.6) is 0 Å². The van der Waals surface area contributed by atoms with E-state index in [2.05, 4.69) is 0 Å². The third kappa shape index (κ3) is 7.69. The number of thiazole rings is 1. The van der Waals surface area contributed by atoms with E-state index in [4.69, 9.17) is 33.4 Å².